The molecule has 1 amide bonds. The number of rotatable bonds is 6. The van der Waals surface area contributed by atoms with E-state index in [0.29, 0.717) is 5.56 Å². The van der Waals surface area contributed by atoms with E-state index in [0.717, 1.165) is 5.57 Å². The van der Waals surface area contributed by atoms with E-state index in [1.54, 1.807) is 37.3 Å². The van der Waals surface area contributed by atoms with E-state index in [1.807, 2.05) is 0 Å². The van der Waals surface area contributed by atoms with E-state index in [4.69, 9.17) is 5.11 Å². The Morgan fingerprint density at radius 2 is 1.94 bits per heavy atom. The number of hydrogen-bond acceptors (Lipinski definition) is 3. The summed E-state index contributed by atoms with van der Waals surface area (Å²) in [6, 6.07) is 7.67. The van der Waals surface area contributed by atoms with Gasteiger partial charge in [0.25, 0.3) is 5.91 Å². The molecule has 0 aromatic heterocycles. The maximum Gasteiger partial charge on any atom is 0.322 e. The lowest BCUT2D eigenvalue weighted by Gasteiger charge is -2.15. The largest absolute Gasteiger partial charge is 0.480 e. The van der Waals surface area contributed by atoms with Crippen molar-refractivity contribution in [2.75, 3.05) is 0 Å². The molecule has 0 aliphatic carbocycles. The molecule has 1 aromatic rings. The minimum absolute atomic E-state index is 0.254. The second kappa shape index (κ2) is 6.56. The van der Waals surface area contributed by atoms with Crippen molar-refractivity contribution in [3.8, 4) is 0 Å². The molecule has 0 radical (unpaired) electrons. The molecule has 5 heteroatoms. The number of amides is 1. The number of carbonyl (C=O) groups excluding carboxylic acids is 1. The highest BCUT2D eigenvalue weighted by Gasteiger charge is 2.17. The van der Waals surface area contributed by atoms with Crippen molar-refractivity contribution in [2.24, 2.45) is 0 Å². The van der Waals surface area contributed by atoms with Gasteiger partial charge in [-0.1, -0.05) is 23.8 Å². The number of hydrogen-bond donors (Lipinski definition) is 3. The van der Waals surface area contributed by atoms with Gasteiger partial charge in [0.1, 0.15) is 6.04 Å². The van der Waals surface area contributed by atoms with Crippen LogP contribution in [0, 0.1) is 0 Å². The number of nitrogens with one attached hydrogen (secondary N) is 2. The van der Waals surface area contributed by atoms with Crippen LogP contribution in [0.25, 0.3) is 0 Å². The molecule has 0 saturated carbocycles. The Balaban J connectivity index is 2.55. The highest BCUT2D eigenvalue weighted by atomic mass is 16.4. The highest BCUT2D eigenvalue weighted by molar-refractivity contribution is 5.94. The maximum absolute atomic E-state index is 11.7. The first kappa shape index (κ1) is 13.9. The van der Waals surface area contributed by atoms with Gasteiger partial charge in [-0.15, -0.1) is 6.58 Å². The molecule has 5 nitrogen and oxygen atoms in total. The van der Waals surface area contributed by atoms with Crippen molar-refractivity contribution in [1.82, 2.24) is 10.9 Å². The predicted octanol–water partition coefficient (Wildman–Crippen LogP) is 1.34. The number of aliphatic carboxylic acids is 1. The van der Waals surface area contributed by atoms with Crippen molar-refractivity contribution < 1.29 is 14.7 Å². The van der Waals surface area contributed by atoms with Gasteiger partial charge in [-0.05, 0) is 25.5 Å². The number of carbonyl (C=O) groups is 2. The normalized spacial score (nSPS) is 11.6. The fraction of sp³-hybridized carbons (Fsp3) is 0.231. The average molecular weight is 248 g/mol. The molecular weight excluding hydrogens is 232 g/mol. The van der Waals surface area contributed by atoms with Crippen LogP contribution in [-0.4, -0.2) is 23.0 Å². The van der Waals surface area contributed by atoms with Gasteiger partial charge < -0.3 is 5.11 Å². The number of carboxylic acid groups (broad SMARTS) is 1. The topological polar surface area (TPSA) is 78.4 Å². The third-order valence-corrected chi connectivity index (χ3v) is 2.25. The summed E-state index contributed by atoms with van der Waals surface area (Å²) in [6.07, 6.45) is 0.254. The molecule has 3 N–H and O–H groups in total. The summed E-state index contributed by atoms with van der Waals surface area (Å²) in [6.45, 7) is 5.38. The van der Waals surface area contributed by atoms with E-state index in [-0.39, 0.29) is 12.3 Å². The third kappa shape index (κ3) is 4.39. The molecule has 0 aliphatic rings. The Bertz CT molecular complexity index is 443. The molecule has 0 spiro atoms. The third-order valence-electron chi connectivity index (χ3n) is 2.25. The monoisotopic (exact) mass is 248 g/mol. The summed E-state index contributed by atoms with van der Waals surface area (Å²) in [5.74, 6) is -1.41. The zero-order valence-corrected chi connectivity index (χ0v) is 10.1. The van der Waals surface area contributed by atoms with Crippen molar-refractivity contribution >= 4 is 11.9 Å². The Morgan fingerprint density at radius 3 is 2.44 bits per heavy atom. The van der Waals surface area contributed by atoms with E-state index in [2.05, 4.69) is 17.4 Å². The first-order valence-corrected chi connectivity index (χ1v) is 5.49. The second-order valence-electron chi connectivity index (χ2n) is 4.02. The van der Waals surface area contributed by atoms with E-state index in [1.165, 1.54) is 0 Å². The van der Waals surface area contributed by atoms with Gasteiger partial charge in [0.2, 0.25) is 0 Å². The van der Waals surface area contributed by atoms with Crippen LogP contribution in [-0.2, 0) is 4.79 Å². The Labute approximate surface area is 105 Å². The summed E-state index contributed by atoms with van der Waals surface area (Å²) < 4.78 is 0. The predicted molar refractivity (Wildman–Crippen MR) is 67.9 cm³/mol. The average Bonchev–Trinajstić information content (AvgIpc) is 2.34. The molecule has 0 bridgehead atoms. The van der Waals surface area contributed by atoms with Crippen LogP contribution < -0.4 is 10.9 Å². The van der Waals surface area contributed by atoms with Crippen LogP contribution in [0.3, 0.4) is 0 Å². The van der Waals surface area contributed by atoms with Gasteiger partial charge in [0, 0.05) is 5.56 Å². The minimum atomic E-state index is -1.04. The lowest BCUT2D eigenvalue weighted by atomic mass is 10.1. The van der Waals surface area contributed by atoms with Crippen molar-refractivity contribution in [3.05, 3.63) is 48.0 Å². The van der Waals surface area contributed by atoms with Crippen LogP contribution in [0.2, 0.25) is 0 Å². The molecule has 1 rings (SSSR count). The zero-order chi connectivity index (χ0) is 13.5. The van der Waals surface area contributed by atoms with Crippen LogP contribution >= 0.6 is 0 Å². The summed E-state index contributed by atoms with van der Waals surface area (Å²) in [5.41, 5.74) is 6.05. The van der Waals surface area contributed by atoms with Gasteiger partial charge in [0.05, 0.1) is 0 Å². The zero-order valence-electron chi connectivity index (χ0n) is 10.1. The van der Waals surface area contributed by atoms with E-state index >= 15 is 0 Å². The molecule has 1 atom stereocenters. The molecule has 0 heterocycles. The van der Waals surface area contributed by atoms with Crippen LogP contribution in [0.4, 0.5) is 0 Å². The lowest BCUT2D eigenvalue weighted by molar-refractivity contribution is -0.139. The molecule has 0 aliphatic heterocycles. The minimum Gasteiger partial charge on any atom is -0.480 e. The van der Waals surface area contributed by atoms with Crippen molar-refractivity contribution in [1.29, 1.82) is 0 Å². The first-order valence-electron chi connectivity index (χ1n) is 5.49. The molecule has 0 fully saturated rings. The molecule has 1 aromatic carbocycles. The van der Waals surface area contributed by atoms with Gasteiger partial charge in [-0.3, -0.25) is 15.0 Å². The molecule has 96 valence electrons. The van der Waals surface area contributed by atoms with Gasteiger partial charge in [-0.2, -0.15) is 0 Å². The quantitative estimate of drug-likeness (QED) is 0.524. The fourth-order valence-corrected chi connectivity index (χ4v) is 1.36. The SMILES string of the molecule is C=C(C)CC(NNC(=O)c1ccccc1)C(=O)O. The Hall–Kier alpha value is -2.14. The number of benzene rings is 1. The van der Waals surface area contributed by atoms with Crippen LogP contribution in [0.5, 0.6) is 0 Å². The summed E-state index contributed by atoms with van der Waals surface area (Å²) in [4.78, 5) is 22.6. The smallest absolute Gasteiger partial charge is 0.322 e. The van der Waals surface area contributed by atoms with Gasteiger partial charge in [-0.25, -0.2) is 5.43 Å². The van der Waals surface area contributed by atoms with E-state index in [9.17, 15) is 9.59 Å². The maximum atomic E-state index is 11.7. The number of hydrazine groups is 1. The highest BCUT2D eigenvalue weighted by Crippen LogP contribution is 2.02. The van der Waals surface area contributed by atoms with Gasteiger partial charge >= 0.3 is 5.97 Å². The summed E-state index contributed by atoms with van der Waals surface area (Å²) >= 11 is 0. The Morgan fingerprint density at radius 1 is 1.33 bits per heavy atom. The van der Waals surface area contributed by atoms with Crippen molar-refractivity contribution in [3.63, 3.8) is 0 Å². The standard InChI is InChI=1S/C13H16N2O3/c1-9(2)8-11(13(17)18)14-15-12(16)10-6-4-3-5-7-10/h3-7,11,14H,1,8H2,2H3,(H,15,16)(H,17,18). The molecule has 1 unspecified atom stereocenters. The first-order chi connectivity index (χ1) is 8.50. The lowest BCUT2D eigenvalue weighted by Crippen LogP contribution is -2.48. The Kier molecular flexibility index (Phi) is 5.07. The summed E-state index contributed by atoms with van der Waals surface area (Å²) in [7, 11) is 0. The van der Waals surface area contributed by atoms with E-state index < -0.39 is 12.0 Å². The van der Waals surface area contributed by atoms with Crippen LogP contribution in [0.1, 0.15) is 23.7 Å². The summed E-state index contributed by atoms with van der Waals surface area (Å²) in [5, 5.41) is 8.95. The fourth-order valence-electron chi connectivity index (χ4n) is 1.36. The van der Waals surface area contributed by atoms with Gasteiger partial charge in [0.15, 0.2) is 0 Å². The van der Waals surface area contributed by atoms with Crippen LogP contribution in [0.15, 0.2) is 42.5 Å². The molecule has 0 saturated heterocycles. The second-order valence-corrected chi connectivity index (χ2v) is 4.02. The number of carboxylic acids is 1. The molecule has 18 heavy (non-hydrogen) atoms. The molecular formula is C13H16N2O3. The van der Waals surface area contributed by atoms with Crippen molar-refractivity contribution in [2.45, 2.75) is 19.4 Å².